The molecule has 2 aromatic carbocycles. The zero-order chi connectivity index (χ0) is 24.5. The Morgan fingerprint density at radius 1 is 1.06 bits per heavy atom. The highest BCUT2D eigenvalue weighted by molar-refractivity contribution is 6.05. The summed E-state index contributed by atoms with van der Waals surface area (Å²) in [5, 5.41) is 5.59. The average Bonchev–Trinajstić information content (AvgIpc) is 2.95. The van der Waals surface area contributed by atoms with E-state index in [-0.39, 0.29) is 12.5 Å². The van der Waals surface area contributed by atoms with Crippen LogP contribution in [0, 0.1) is 0 Å². The number of anilines is 1. The number of benzene rings is 2. The summed E-state index contributed by atoms with van der Waals surface area (Å²) in [5.41, 5.74) is 12.4. The van der Waals surface area contributed by atoms with Gasteiger partial charge in [0.1, 0.15) is 18.3 Å². The number of ether oxygens (including phenoxy) is 1. The third-order valence-electron chi connectivity index (χ3n) is 5.59. The van der Waals surface area contributed by atoms with Gasteiger partial charge >= 0.3 is 0 Å². The van der Waals surface area contributed by atoms with Crippen LogP contribution in [0.1, 0.15) is 37.9 Å². The molecule has 0 aliphatic carbocycles. The predicted octanol–water partition coefficient (Wildman–Crippen LogP) is 1.23. The summed E-state index contributed by atoms with van der Waals surface area (Å²) < 4.78 is 6.28. The summed E-state index contributed by atoms with van der Waals surface area (Å²) in [4.78, 5) is 40.4. The van der Waals surface area contributed by atoms with Crippen LogP contribution in [0.15, 0.2) is 54.6 Å². The van der Waals surface area contributed by atoms with Gasteiger partial charge in [0.25, 0.3) is 5.91 Å². The molecule has 9 nitrogen and oxygen atoms in total. The highest BCUT2D eigenvalue weighted by atomic mass is 16.5. The van der Waals surface area contributed by atoms with Crippen LogP contribution in [0.25, 0.3) is 0 Å². The Morgan fingerprint density at radius 2 is 1.76 bits per heavy atom. The average molecular weight is 468 g/mol. The summed E-state index contributed by atoms with van der Waals surface area (Å²) in [6, 6.07) is 14.3. The number of nitrogens with one attached hydrogen (secondary N) is 2. The molecule has 0 saturated heterocycles. The van der Waals surface area contributed by atoms with Crippen LogP contribution in [0.2, 0.25) is 0 Å². The van der Waals surface area contributed by atoms with Crippen molar-refractivity contribution in [2.45, 2.75) is 44.4 Å². The van der Waals surface area contributed by atoms with Crippen molar-refractivity contribution in [1.82, 2.24) is 10.6 Å². The molecule has 1 heterocycles. The van der Waals surface area contributed by atoms with Crippen molar-refractivity contribution < 1.29 is 19.1 Å². The number of unbranched alkanes of at least 4 members (excludes halogenated alkanes) is 2. The lowest BCUT2D eigenvalue weighted by molar-refractivity contribution is -0.130. The number of fused-ring (bicyclic) bond motifs is 1. The van der Waals surface area contributed by atoms with E-state index in [0.29, 0.717) is 30.1 Å². The molecule has 0 aromatic heterocycles. The molecule has 182 valence electrons. The molecule has 6 N–H and O–H groups in total. The Bertz CT molecular complexity index is 982. The van der Waals surface area contributed by atoms with Crippen LogP contribution in [0.5, 0.6) is 5.75 Å². The first-order valence-corrected chi connectivity index (χ1v) is 11.6. The molecule has 1 aliphatic rings. The second-order valence-corrected chi connectivity index (χ2v) is 8.32. The molecular weight excluding hydrogens is 434 g/mol. The van der Waals surface area contributed by atoms with E-state index in [2.05, 4.69) is 10.6 Å². The SMILES string of the molecule is C[C@H](N)C(=O)N[C@@H]1C(=O)N(CC(=O)NCCCCCN)c2ccccc2O[C@@H]1c1ccccc1. The lowest BCUT2D eigenvalue weighted by atomic mass is 10.0. The lowest BCUT2D eigenvalue weighted by Crippen LogP contribution is -2.55. The van der Waals surface area contributed by atoms with Crippen molar-refractivity contribution >= 4 is 23.4 Å². The first-order valence-electron chi connectivity index (χ1n) is 11.6. The molecule has 0 radical (unpaired) electrons. The minimum absolute atomic E-state index is 0.206. The molecule has 2 aromatic rings. The molecule has 9 heteroatoms. The maximum atomic E-state index is 13.8. The van der Waals surface area contributed by atoms with E-state index in [1.54, 1.807) is 31.2 Å². The van der Waals surface area contributed by atoms with Crippen molar-refractivity contribution in [2.75, 3.05) is 24.5 Å². The van der Waals surface area contributed by atoms with Crippen LogP contribution in [0.3, 0.4) is 0 Å². The van der Waals surface area contributed by atoms with E-state index in [0.717, 1.165) is 19.3 Å². The fourth-order valence-corrected chi connectivity index (χ4v) is 3.76. The molecule has 0 saturated carbocycles. The molecule has 3 rings (SSSR count). The second kappa shape index (κ2) is 12.2. The normalized spacial score (nSPS) is 18.3. The summed E-state index contributed by atoms with van der Waals surface area (Å²) in [7, 11) is 0. The van der Waals surface area contributed by atoms with E-state index in [1.165, 1.54) is 4.90 Å². The Morgan fingerprint density at radius 3 is 2.47 bits per heavy atom. The summed E-state index contributed by atoms with van der Waals surface area (Å²) >= 11 is 0. The Labute approximate surface area is 199 Å². The van der Waals surface area contributed by atoms with Gasteiger partial charge in [0, 0.05) is 6.54 Å². The molecule has 3 atom stereocenters. The van der Waals surface area contributed by atoms with Crippen molar-refractivity contribution in [3.63, 3.8) is 0 Å². The topological polar surface area (TPSA) is 140 Å². The fraction of sp³-hybridized carbons (Fsp3) is 0.400. The number of rotatable bonds is 10. The minimum atomic E-state index is -1.08. The van der Waals surface area contributed by atoms with Gasteiger partial charge in [-0.15, -0.1) is 0 Å². The summed E-state index contributed by atoms with van der Waals surface area (Å²) in [6.45, 7) is 2.45. The number of amides is 3. The number of hydrogen-bond acceptors (Lipinski definition) is 6. The van der Waals surface area contributed by atoms with Crippen LogP contribution in [-0.2, 0) is 14.4 Å². The molecule has 0 fully saturated rings. The molecule has 0 bridgehead atoms. The monoisotopic (exact) mass is 467 g/mol. The standard InChI is InChI=1S/C25H33N5O4/c1-17(27)24(32)29-22-23(18-10-4-2-5-11-18)34-20-13-7-6-12-19(20)30(25(22)33)16-21(31)28-15-9-3-8-14-26/h2,4-7,10-13,17,22-23H,3,8-9,14-16,26-27H2,1H3,(H,28,31)(H,29,32)/t17-,22-,23+/m0/s1. The fourth-order valence-electron chi connectivity index (χ4n) is 3.76. The zero-order valence-corrected chi connectivity index (χ0v) is 19.4. The van der Waals surface area contributed by atoms with E-state index >= 15 is 0 Å². The maximum Gasteiger partial charge on any atom is 0.254 e. The number of nitrogens with zero attached hydrogens (tertiary/aromatic N) is 1. The largest absolute Gasteiger partial charge is 0.481 e. The number of para-hydroxylation sites is 2. The molecule has 1 aliphatic heterocycles. The highest BCUT2D eigenvalue weighted by Crippen LogP contribution is 2.37. The number of carbonyl (C=O) groups excluding carboxylic acids is 3. The van der Waals surface area contributed by atoms with Gasteiger partial charge in [-0.2, -0.15) is 0 Å². The van der Waals surface area contributed by atoms with Crippen molar-refractivity contribution in [3.8, 4) is 5.75 Å². The van der Waals surface area contributed by atoms with Crippen molar-refractivity contribution in [1.29, 1.82) is 0 Å². The first-order chi connectivity index (χ1) is 16.4. The summed E-state index contributed by atoms with van der Waals surface area (Å²) in [6.07, 6.45) is 1.81. The molecule has 34 heavy (non-hydrogen) atoms. The maximum absolute atomic E-state index is 13.8. The highest BCUT2D eigenvalue weighted by Gasteiger charge is 2.41. The van der Waals surface area contributed by atoms with Crippen LogP contribution in [0.4, 0.5) is 5.69 Å². The van der Waals surface area contributed by atoms with E-state index in [9.17, 15) is 14.4 Å². The van der Waals surface area contributed by atoms with E-state index in [4.69, 9.17) is 16.2 Å². The minimum Gasteiger partial charge on any atom is -0.481 e. The number of nitrogens with two attached hydrogens (primary N) is 2. The molecule has 0 spiro atoms. The van der Waals surface area contributed by atoms with Gasteiger partial charge in [0.2, 0.25) is 11.8 Å². The third kappa shape index (κ3) is 6.33. The van der Waals surface area contributed by atoms with E-state index in [1.807, 2.05) is 30.3 Å². The Balaban J connectivity index is 1.90. The Hall–Kier alpha value is -3.43. The van der Waals surface area contributed by atoms with E-state index < -0.39 is 30.0 Å². The van der Waals surface area contributed by atoms with Gasteiger partial charge in [-0.05, 0) is 44.0 Å². The summed E-state index contributed by atoms with van der Waals surface area (Å²) in [5.74, 6) is -0.798. The predicted molar refractivity (Wildman–Crippen MR) is 130 cm³/mol. The quantitative estimate of drug-likeness (QED) is 0.388. The molecular formula is C25H33N5O4. The molecule has 3 amide bonds. The lowest BCUT2D eigenvalue weighted by Gasteiger charge is -2.28. The van der Waals surface area contributed by atoms with Gasteiger partial charge in [0.15, 0.2) is 6.10 Å². The van der Waals surface area contributed by atoms with Crippen LogP contribution in [-0.4, -0.2) is 49.4 Å². The van der Waals surface area contributed by atoms with Crippen LogP contribution < -0.4 is 31.7 Å². The second-order valence-electron chi connectivity index (χ2n) is 8.32. The van der Waals surface area contributed by atoms with Crippen LogP contribution >= 0.6 is 0 Å². The third-order valence-corrected chi connectivity index (χ3v) is 5.59. The van der Waals surface area contributed by atoms with Gasteiger partial charge in [0.05, 0.1) is 11.7 Å². The van der Waals surface area contributed by atoms with Crippen molar-refractivity contribution in [3.05, 3.63) is 60.2 Å². The van der Waals surface area contributed by atoms with Crippen molar-refractivity contribution in [2.24, 2.45) is 11.5 Å². The smallest absolute Gasteiger partial charge is 0.254 e. The molecule has 0 unspecified atom stereocenters. The van der Waals surface area contributed by atoms with Gasteiger partial charge < -0.3 is 26.8 Å². The van der Waals surface area contributed by atoms with Gasteiger partial charge in [-0.25, -0.2) is 0 Å². The van der Waals surface area contributed by atoms with Gasteiger partial charge in [-0.3, -0.25) is 19.3 Å². The number of hydrogen-bond donors (Lipinski definition) is 4. The first kappa shape index (κ1) is 25.2. The zero-order valence-electron chi connectivity index (χ0n) is 19.4. The Kier molecular flexibility index (Phi) is 9.00. The number of carbonyl (C=O) groups is 3. The van der Waals surface area contributed by atoms with Gasteiger partial charge in [-0.1, -0.05) is 48.9 Å².